The standard InChI is InChI=1S/C5H9N5O2/c6-3-2(8-1-11)4(12)10-5(7)9-3/h1-2,5H,7H2,(H2,6,9)(H,8,11)(H,10,12). The third-order valence-corrected chi connectivity index (χ3v) is 1.37. The van der Waals surface area contributed by atoms with Crippen molar-refractivity contribution in [3.05, 3.63) is 0 Å². The molecule has 0 spiro atoms. The predicted molar refractivity (Wildman–Crippen MR) is 40.7 cm³/mol. The van der Waals surface area contributed by atoms with Crippen molar-refractivity contribution in [3.8, 4) is 0 Å². The fourth-order valence-electron chi connectivity index (χ4n) is 0.860. The van der Waals surface area contributed by atoms with Crippen LogP contribution in [0.25, 0.3) is 0 Å². The van der Waals surface area contributed by atoms with Crippen molar-refractivity contribution in [1.29, 1.82) is 0 Å². The molecule has 0 bridgehead atoms. The number of amides is 2. The van der Waals surface area contributed by atoms with Gasteiger partial charge in [-0.25, -0.2) is 4.99 Å². The zero-order valence-electron chi connectivity index (χ0n) is 6.15. The SMILES string of the molecule is NC1=NC(N)NC(=O)C1NC=O. The van der Waals surface area contributed by atoms with Gasteiger partial charge in [-0.1, -0.05) is 0 Å². The lowest BCUT2D eigenvalue weighted by Crippen LogP contribution is -2.60. The van der Waals surface area contributed by atoms with E-state index in [1.807, 2.05) is 0 Å². The summed E-state index contributed by atoms with van der Waals surface area (Å²) in [5, 5.41) is 4.50. The van der Waals surface area contributed by atoms with Gasteiger partial charge in [-0.2, -0.15) is 0 Å². The maximum atomic E-state index is 11.0. The van der Waals surface area contributed by atoms with Gasteiger partial charge in [0.05, 0.1) is 0 Å². The van der Waals surface area contributed by atoms with Crippen LogP contribution < -0.4 is 22.1 Å². The molecule has 0 aliphatic carbocycles. The summed E-state index contributed by atoms with van der Waals surface area (Å²) >= 11 is 0. The number of amidine groups is 1. The third-order valence-electron chi connectivity index (χ3n) is 1.37. The number of rotatable bonds is 2. The Morgan fingerprint density at radius 1 is 1.67 bits per heavy atom. The second kappa shape index (κ2) is 3.18. The van der Waals surface area contributed by atoms with Crippen molar-refractivity contribution in [2.45, 2.75) is 12.3 Å². The molecule has 0 fully saturated rings. The van der Waals surface area contributed by atoms with Crippen LogP contribution in [0.4, 0.5) is 0 Å². The molecule has 1 heterocycles. The van der Waals surface area contributed by atoms with Crippen LogP contribution in [0, 0.1) is 0 Å². The van der Waals surface area contributed by atoms with Crippen LogP contribution in [0.3, 0.4) is 0 Å². The van der Waals surface area contributed by atoms with Crippen molar-refractivity contribution in [2.24, 2.45) is 16.5 Å². The molecule has 6 N–H and O–H groups in total. The summed E-state index contributed by atoms with van der Waals surface area (Å²) in [6.45, 7) is 0. The molecular weight excluding hydrogens is 162 g/mol. The van der Waals surface area contributed by atoms with Crippen molar-refractivity contribution in [3.63, 3.8) is 0 Å². The van der Waals surface area contributed by atoms with Crippen molar-refractivity contribution < 1.29 is 9.59 Å². The molecule has 2 atom stereocenters. The zero-order chi connectivity index (χ0) is 9.14. The van der Waals surface area contributed by atoms with E-state index in [4.69, 9.17) is 11.5 Å². The lowest BCUT2D eigenvalue weighted by atomic mass is 10.2. The first-order chi connectivity index (χ1) is 5.65. The number of hydrogen-bond acceptors (Lipinski definition) is 5. The monoisotopic (exact) mass is 171 g/mol. The maximum absolute atomic E-state index is 11.0. The lowest BCUT2D eigenvalue weighted by Gasteiger charge is -2.23. The summed E-state index contributed by atoms with van der Waals surface area (Å²) < 4.78 is 0. The van der Waals surface area contributed by atoms with Gasteiger partial charge >= 0.3 is 0 Å². The van der Waals surface area contributed by atoms with Gasteiger partial charge in [0.25, 0.3) is 5.91 Å². The molecule has 1 aliphatic heterocycles. The Morgan fingerprint density at radius 2 is 2.33 bits per heavy atom. The Labute approximate surface area is 68.2 Å². The topological polar surface area (TPSA) is 123 Å². The van der Waals surface area contributed by atoms with Crippen LogP contribution in [0.15, 0.2) is 4.99 Å². The minimum Gasteiger partial charge on any atom is -0.385 e. The molecule has 2 unspecified atom stereocenters. The fraction of sp³-hybridized carbons (Fsp3) is 0.400. The van der Waals surface area contributed by atoms with Crippen molar-refractivity contribution >= 4 is 18.2 Å². The number of aliphatic imine (C=N–C) groups is 1. The van der Waals surface area contributed by atoms with Crippen molar-refractivity contribution in [2.75, 3.05) is 0 Å². The zero-order valence-corrected chi connectivity index (χ0v) is 6.15. The molecule has 0 aromatic carbocycles. The molecule has 1 aliphatic rings. The second-order valence-corrected chi connectivity index (χ2v) is 2.22. The Kier molecular flexibility index (Phi) is 2.24. The van der Waals surface area contributed by atoms with E-state index >= 15 is 0 Å². The van der Waals surface area contributed by atoms with E-state index in [2.05, 4.69) is 15.6 Å². The highest BCUT2D eigenvalue weighted by Crippen LogP contribution is 1.93. The van der Waals surface area contributed by atoms with Crippen LogP contribution in [0.1, 0.15) is 0 Å². The number of carbonyl (C=O) groups excluding carboxylic acids is 2. The van der Waals surface area contributed by atoms with E-state index in [-0.39, 0.29) is 5.84 Å². The first kappa shape index (κ1) is 8.47. The number of nitrogens with zero attached hydrogens (tertiary/aromatic N) is 1. The summed E-state index contributed by atoms with van der Waals surface area (Å²) in [5.74, 6) is -0.444. The average molecular weight is 171 g/mol. The largest absolute Gasteiger partial charge is 0.385 e. The van der Waals surface area contributed by atoms with E-state index in [0.29, 0.717) is 6.41 Å². The van der Waals surface area contributed by atoms with Crippen LogP contribution in [-0.4, -0.2) is 30.5 Å². The van der Waals surface area contributed by atoms with Gasteiger partial charge in [-0.3, -0.25) is 15.3 Å². The van der Waals surface area contributed by atoms with Crippen molar-refractivity contribution in [1.82, 2.24) is 10.6 Å². The highest BCUT2D eigenvalue weighted by Gasteiger charge is 2.27. The highest BCUT2D eigenvalue weighted by molar-refractivity contribution is 6.08. The van der Waals surface area contributed by atoms with Crippen LogP contribution in [0.5, 0.6) is 0 Å². The number of nitrogens with one attached hydrogen (secondary N) is 2. The molecule has 0 aromatic heterocycles. The molecular formula is C5H9N5O2. The quantitative estimate of drug-likeness (QED) is 0.327. The average Bonchev–Trinajstić information content (AvgIpc) is 1.96. The second-order valence-electron chi connectivity index (χ2n) is 2.22. The van der Waals surface area contributed by atoms with E-state index in [1.165, 1.54) is 0 Å². The first-order valence-corrected chi connectivity index (χ1v) is 3.24. The molecule has 0 saturated heterocycles. The summed E-state index contributed by atoms with van der Waals surface area (Å²) in [7, 11) is 0. The minimum atomic E-state index is -0.901. The Hall–Kier alpha value is -1.63. The molecule has 66 valence electrons. The summed E-state index contributed by atoms with van der Waals surface area (Å²) in [6, 6.07) is -0.901. The number of hydrogen-bond donors (Lipinski definition) is 4. The molecule has 0 saturated carbocycles. The van der Waals surface area contributed by atoms with E-state index in [9.17, 15) is 9.59 Å². The van der Waals surface area contributed by atoms with Gasteiger partial charge in [-0.15, -0.1) is 0 Å². The van der Waals surface area contributed by atoms with Gasteiger partial charge in [-0.05, 0) is 0 Å². The lowest BCUT2D eigenvalue weighted by molar-refractivity contribution is -0.124. The molecule has 7 nitrogen and oxygen atoms in total. The summed E-state index contributed by atoms with van der Waals surface area (Å²) in [5.41, 5.74) is 10.6. The number of nitrogens with two attached hydrogens (primary N) is 2. The van der Waals surface area contributed by atoms with E-state index in [0.717, 1.165) is 0 Å². The molecule has 7 heteroatoms. The first-order valence-electron chi connectivity index (χ1n) is 3.24. The Balaban J connectivity index is 2.78. The van der Waals surface area contributed by atoms with E-state index in [1.54, 1.807) is 0 Å². The molecule has 0 aromatic rings. The molecule has 0 radical (unpaired) electrons. The van der Waals surface area contributed by atoms with Crippen LogP contribution in [-0.2, 0) is 9.59 Å². The van der Waals surface area contributed by atoms with Crippen LogP contribution >= 0.6 is 0 Å². The number of carbonyl (C=O) groups is 2. The molecule has 2 amide bonds. The van der Waals surface area contributed by atoms with Gasteiger partial charge < -0.3 is 16.4 Å². The Morgan fingerprint density at radius 3 is 2.83 bits per heavy atom. The van der Waals surface area contributed by atoms with Gasteiger partial charge in [0.2, 0.25) is 6.41 Å². The maximum Gasteiger partial charge on any atom is 0.253 e. The Bertz CT molecular complexity index is 238. The predicted octanol–water partition coefficient (Wildman–Crippen LogP) is -3.17. The van der Waals surface area contributed by atoms with Gasteiger partial charge in [0.1, 0.15) is 5.84 Å². The molecule has 1 rings (SSSR count). The van der Waals surface area contributed by atoms with Gasteiger partial charge in [0.15, 0.2) is 12.3 Å². The fourth-order valence-corrected chi connectivity index (χ4v) is 0.860. The molecule has 12 heavy (non-hydrogen) atoms. The van der Waals surface area contributed by atoms with Gasteiger partial charge in [0, 0.05) is 0 Å². The van der Waals surface area contributed by atoms with Crippen LogP contribution in [0.2, 0.25) is 0 Å². The third kappa shape index (κ3) is 1.51. The normalized spacial score (nSPS) is 28.8. The summed E-state index contributed by atoms with van der Waals surface area (Å²) in [4.78, 5) is 24.7. The smallest absolute Gasteiger partial charge is 0.253 e. The van der Waals surface area contributed by atoms with E-state index < -0.39 is 18.2 Å². The highest BCUT2D eigenvalue weighted by atomic mass is 16.2. The summed E-state index contributed by atoms with van der Waals surface area (Å²) in [6.07, 6.45) is -0.439. The minimum absolute atomic E-state index is 0.0124.